The SMILES string of the molecule is CCN(CC)c1nc(NCc2ccncc2)nc(NCc2cccc(CN=C(N)N)c2)n1. The molecule has 6 N–H and O–H groups in total. The second kappa shape index (κ2) is 11.4. The Bertz CT molecular complexity index is 1010. The van der Waals surface area contributed by atoms with Crippen LogP contribution in [0.5, 0.6) is 0 Å². The maximum atomic E-state index is 5.43. The lowest BCUT2D eigenvalue weighted by atomic mass is 10.1. The minimum atomic E-state index is 0.0782. The first-order valence-corrected chi connectivity index (χ1v) is 10.6. The third-order valence-electron chi connectivity index (χ3n) is 4.76. The van der Waals surface area contributed by atoms with E-state index >= 15 is 0 Å². The zero-order valence-corrected chi connectivity index (χ0v) is 18.5. The molecule has 0 unspecified atom stereocenters. The van der Waals surface area contributed by atoms with E-state index in [1.54, 1.807) is 12.4 Å². The molecule has 0 aliphatic heterocycles. The normalized spacial score (nSPS) is 10.4. The highest BCUT2D eigenvalue weighted by Gasteiger charge is 2.11. The van der Waals surface area contributed by atoms with Gasteiger partial charge in [0.2, 0.25) is 17.8 Å². The number of benzene rings is 1. The van der Waals surface area contributed by atoms with Crippen molar-refractivity contribution < 1.29 is 0 Å². The van der Waals surface area contributed by atoms with Crippen LogP contribution in [0.25, 0.3) is 0 Å². The predicted octanol–water partition coefficient (Wildman–Crippen LogP) is 2.11. The van der Waals surface area contributed by atoms with Crippen LogP contribution in [0.1, 0.15) is 30.5 Å². The Hall–Kier alpha value is -3.95. The molecule has 0 saturated heterocycles. The van der Waals surface area contributed by atoms with Gasteiger partial charge in [0.25, 0.3) is 0 Å². The number of aliphatic imine (C=N–C) groups is 1. The van der Waals surface area contributed by atoms with Gasteiger partial charge in [0.15, 0.2) is 5.96 Å². The third kappa shape index (κ3) is 6.79. The molecule has 1 aromatic carbocycles. The highest BCUT2D eigenvalue weighted by Crippen LogP contribution is 2.16. The first-order chi connectivity index (χ1) is 15.6. The van der Waals surface area contributed by atoms with Gasteiger partial charge in [0, 0.05) is 38.6 Å². The summed E-state index contributed by atoms with van der Waals surface area (Å²) in [6, 6.07) is 11.9. The summed E-state index contributed by atoms with van der Waals surface area (Å²) in [4.78, 5) is 24.0. The average molecular weight is 435 g/mol. The van der Waals surface area contributed by atoms with E-state index in [1.165, 1.54) is 0 Å². The first kappa shape index (κ1) is 22.7. The Morgan fingerprint density at radius 3 is 2.12 bits per heavy atom. The Kier molecular flexibility index (Phi) is 8.13. The van der Waals surface area contributed by atoms with Gasteiger partial charge in [-0.05, 0) is 42.7 Å². The quantitative estimate of drug-likeness (QED) is 0.263. The van der Waals surface area contributed by atoms with Gasteiger partial charge in [0.1, 0.15) is 0 Å². The summed E-state index contributed by atoms with van der Waals surface area (Å²) in [7, 11) is 0. The molecular weight excluding hydrogens is 404 g/mol. The molecule has 168 valence electrons. The number of nitrogens with zero attached hydrogens (tertiary/aromatic N) is 6. The second-order valence-electron chi connectivity index (χ2n) is 7.08. The van der Waals surface area contributed by atoms with Gasteiger partial charge < -0.3 is 27.0 Å². The summed E-state index contributed by atoms with van der Waals surface area (Å²) in [6.45, 7) is 7.35. The van der Waals surface area contributed by atoms with Gasteiger partial charge in [-0.1, -0.05) is 24.3 Å². The fraction of sp³-hybridized carbons (Fsp3) is 0.318. The summed E-state index contributed by atoms with van der Waals surface area (Å²) in [5, 5.41) is 6.60. The molecule has 0 fully saturated rings. The lowest BCUT2D eigenvalue weighted by Gasteiger charge is -2.20. The van der Waals surface area contributed by atoms with Crippen LogP contribution in [0.2, 0.25) is 0 Å². The molecule has 0 amide bonds. The molecule has 10 heteroatoms. The van der Waals surface area contributed by atoms with Gasteiger partial charge in [0.05, 0.1) is 6.54 Å². The monoisotopic (exact) mass is 434 g/mol. The van der Waals surface area contributed by atoms with E-state index in [9.17, 15) is 0 Å². The second-order valence-corrected chi connectivity index (χ2v) is 7.08. The molecule has 0 aliphatic carbocycles. The average Bonchev–Trinajstić information content (AvgIpc) is 2.82. The largest absolute Gasteiger partial charge is 0.370 e. The molecule has 0 bridgehead atoms. The number of aromatic nitrogens is 4. The number of nitrogens with one attached hydrogen (secondary N) is 2. The van der Waals surface area contributed by atoms with Crippen LogP contribution < -0.4 is 27.0 Å². The van der Waals surface area contributed by atoms with E-state index in [0.29, 0.717) is 37.5 Å². The van der Waals surface area contributed by atoms with Gasteiger partial charge in [-0.2, -0.15) is 15.0 Å². The molecular formula is C22H30N10. The van der Waals surface area contributed by atoms with Gasteiger partial charge in [-0.15, -0.1) is 0 Å². The van der Waals surface area contributed by atoms with Crippen LogP contribution in [0.4, 0.5) is 17.8 Å². The first-order valence-electron chi connectivity index (χ1n) is 10.6. The lowest BCUT2D eigenvalue weighted by molar-refractivity contribution is 0.810. The topological polar surface area (TPSA) is 143 Å². The zero-order chi connectivity index (χ0) is 22.8. The summed E-state index contributed by atoms with van der Waals surface area (Å²) < 4.78 is 0. The molecule has 0 aliphatic rings. The minimum absolute atomic E-state index is 0.0782. The summed E-state index contributed by atoms with van der Waals surface area (Å²) in [5.74, 6) is 1.73. The Morgan fingerprint density at radius 2 is 1.50 bits per heavy atom. The molecule has 0 radical (unpaired) electrons. The number of hydrogen-bond donors (Lipinski definition) is 4. The number of hydrogen-bond acceptors (Lipinski definition) is 8. The fourth-order valence-electron chi connectivity index (χ4n) is 3.05. The van der Waals surface area contributed by atoms with E-state index in [2.05, 4.69) is 60.4 Å². The Balaban J connectivity index is 1.75. The van der Waals surface area contributed by atoms with Crippen molar-refractivity contribution in [1.82, 2.24) is 19.9 Å². The molecule has 3 aromatic rings. The molecule has 3 rings (SSSR count). The zero-order valence-electron chi connectivity index (χ0n) is 18.5. The van der Waals surface area contributed by atoms with Crippen molar-refractivity contribution in [1.29, 1.82) is 0 Å². The van der Waals surface area contributed by atoms with E-state index in [0.717, 1.165) is 29.8 Å². The molecule has 10 nitrogen and oxygen atoms in total. The highest BCUT2D eigenvalue weighted by atomic mass is 15.3. The van der Waals surface area contributed by atoms with Crippen LogP contribution in [-0.4, -0.2) is 39.0 Å². The number of guanidine groups is 1. The Labute approximate surface area is 188 Å². The smallest absolute Gasteiger partial charge is 0.231 e. The van der Waals surface area contributed by atoms with Crippen molar-refractivity contribution in [3.05, 3.63) is 65.5 Å². The van der Waals surface area contributed by atoms with Crippen molar-refractivity contribution in [2.24, 2.45) is 16.5 Å². The van der Waals surface area contributed by atoms with Crippen LogP contribution in [-0.2, 0) is 19.6 Å². The van der Waals surface area contributed by atoms with Gasteiger partial charge in [-0.25, -0.2) is 4.99 Å². The number of pyridine rings is 1. The fourth-order valence-corrected chi connectivity index (χ4v) is 3.05. The van der Waals surface area contributed by atoms with Crippen molar-refractivity contribution in [3.8, 4) is 0 Å². The Morgan fingerprint density at radius 1 is 0.875 bits per heavy atom. The van der Waals surface area contributed by atoms with Crippen LogP contribution in [0, 0.1) is 0 Å². The number of nitrogens with two attached hydrogens (primary N) is 2. The number of rotatable bonds is 11. The molecule has 0 spiro atoms. The molecule has 0 saturated carbocycles. The van der Waals surface area contributed by atoms with Crippen LogP contribution in [0.15, 0.2) is 53.8 Å². The predicted molar refractivity (Wildman–Crippen MR) is 128 cm³/mol. The molecule has 2 aromatic heterocycles. The van der Waals surface area contributed by atoms with Crippen LogP contribution >= 0.6 is 0 Å². The van der Waals surface area contributed by atoms with Crippen molar-refractivity contribution in [3.63, 3.8) is 0 Å². The maximum absolute atomic E-state index is 5.43. The van der Waals surface area contributed by atoms with Crippen molar-refractivity contribution in [2.45, 2.75) is 33.5 Å². The third-order valence-corrected chi connectivity index (χ3v) is 4.76. The molecule has 2 heterocycles. The molecule has 32 heavy (non-hydrogen) atoms. The van der Waals surface area contributed by atoms with E-state index in [-0.39, 0.29) is 5.96 Å². The highest BCUT2D eigenvalue weighted by molar-refractivity contribution is 5.75. The van der Waals surface area contributed by atoms with E-state index in [1.807, 2.05) is 30.3 Å². The number of anilines is 3. The van der Waals surface area contributed by atoms with Gasteiger partial charge in [-0.3, -0.25) is 4.98 Å². The summed E-state index contributed by atoms with van der Waals surface area (Å²) in [5.41, 5.74) is 14.1. The maximum Gasteiger partial charge on any atom is 0.231 e. The van der Waals surface area contributed by atoms with Crippen molar-refractivity contribution in [2.75, 3.05) is 28.6 Å². The minimum Gasteiger partial charge on any atom is -0.370 e. The summed E-state index contributed by atoms with van der Waals surface area (Å²) >= 11 is 0. The standard InChI is InChI=1S/C22H30N10/c1-3-32(4-2)22-30-20(27-13-16-8-10-25-11-9-16)29-21(31-22)28-15-18-7-5-6-17(12-18)14-26-19(23)24/h5-12H,3-4,13-15H2,1-2H3,(H4,23,24,26)(H2,27,28,29,30,31). The van der Waals surface area contributed by atoms with E-state index in [4.69, 9.17) is 11.5 Å². The lowest BCUT2D eigenvalue weighted by Crippen LogP contribution is -2.25. The van der Waals surface area contributed by atoms with Gasteiger partial charge >= 0.3 is 0 Å². The van der Waals surface area contributed by atoms with Crippen molar-refractivity contribution >= 4 is 23.8 Å². The molecule has 0 atom stereocenters. The van der Waals surface area contributed by atoms with E-state index < -0.39 is 0 Å². The van der Waals surface area contributed by atoms with Crippen LogP contribution in [0.3, 0.4) is 0 Å². The summed E-state index contributed by atoms with van der Waals surface area (Å²) in [6.07, 6.45) is 3.53.